The van der Waals surface area contributed by atoms with E-state index >= 15 is 0 Å². The zero-order chi connectivity index (χ0) is 20.0. The van der Waals surface area contributed by atoms with Crippen molar-refractivity contribution < 1.29 is 12.9 Å². The molecule has 11 nitrogen and oxygen atoms in total. The summed E-state index contributed by atoms with van der Waals surface area (Å²) in [6.07, 6.45) is 3.07. The molecule has 29 heavy (non-hydrogen) atoms. The van der Waals surface area contributed by atoms with Crippen LogP contribution in [-0.2, 0) is 28.9 Å². The molecule has 0 saturated carbocycles. The fourth-order valence-corrected chi connectivity index (χ4v) is 4.43. The Bertz CT molecular complexity index is 876. The Hall–Kier alpha value is -1.74. The Morgan fingerprint density at radius 2 is 2.03 bits per heavy atom. The van der Waals surface area contributed by atoms with Crippen LogP contribution in [0, 0.1) is 0 Å². The van der Waals surface area contributed by atoms with Crippen molar-refractivity contribution in [3.63, 3.8) is 0 Å². The zero-order valence-corrected chi connectivity index (χ0v) is 19.7. The number of guanidine groups is 1. The molecule has 2 aromatic heterocycles. The molecule has 3 rings (SSSR count). The highest BCUT2D eigenvalue weighted by atomic mass is 127. The number of aryl methyl sites for hydroxylation is 1. The molecule has 1 saturated heterocycles. The summed E-state index contributed by atoms with van der Waals surface area (Å²) in [5.74, 6) is 1.40. The van der Waals surface area contributed by atoms with Gasteiger partial charge in [-0.3, -0.25) is 0 Å². The predicted molar refractivity (Wildman–Crippen MR) is 118 cm³/mol. The van der Waals surface area contributed by atoms with Crippen molar-refractivity contribution in [2.75, 3.05) is 32.7 Å². The number of aromatic nitrogens is 4. The molecule has 162 valence electrons. The van der Waals surface area contributed by atoms with Gasteiger partial charge in [0.1, 0.15) is 24.9 Å². The molecule has 0 radical (unpaired) electrons. The number of nitrogens with zero attached hydrogens (tertiary/aromatic N) is 7. The number of sulfonamides is 1. The molecule has 0 aliphatic carbocycles. The molecule has 0 aromatic carbocycles. The summed E-state index contributed by atoms with van der Waals surface area (Å²) < 4.78 is 33.3. The van der Waals surface area contributed by atoms with Crippen LogP contribution >= 0.6 is 24.0 Å². The molecule has 0 atom stereocenters. The van der Waals surface area contributed by atoms with Crippen molar-refractivity contribution in [1.82, 2.24) is 34.4 Å². The number of hydrogen-bond acceptors (Lipinski definition) is 7. The lowest BCUT2D eigenvalue weighted by Gasteiger charge is -2.35. The van der Waals surface area contributed by atoms with Crippen molar-refractivity contribution in [1.29, 1.82) is 0 Å². The summed E-state index contributed by atoms with van der Waals surface area (Å²) in [5, 5.41) is 15.0. The van der Waals surface area contributed by atoms with Crippen molar-refractivity contribution in [2.45, 2.75) is 32.7 Å². The van der Waals surface area contributed by atoms with Crippen LogP contribution in [0.5, 0.6) is 0 Å². The van der Waals surface area contributed by atoms with E-state index < -0.39 is 10.0 Å². The van der Waals surface area contributed by atoms with Crippen LogP contribution < -0.4 is 5.32 Å². The van der Waals surface area contributed by atoms with E-state index in [4.69, 9.17) is 4.52 Å². The summed E-state index contributed by atoms with van der Waals surface area (Å²) in [5.41, 5.74) is 0.414. The minimum Gasteiger partial charge on any atom is -0.364 e. The lowest BCUT2D eigenvalue weighted by Crippen LogP contribution is -2.53. The topological polar surface area (TPSA) is 122 Å². The fraction of sp³-hybridized carbons (Fsp3) is 0.625. The molecule has 2 aromatic rings. The van der Waals surface area contributed by atoms with Gasteiger partial charge in [-0.2, -0.15) is 4.31 Å². The molecule has 1 aliphatic rings. The van der Waals surface area contributed by atoms with Gasteiger partial charge in [0.2, 0.25) is 10.0 Å². The number of piperazine rings is 1. The number of aliphatic imine (C=N–C) groups is 1. The predicted octanol–water partition coefficient (Wildman–Crippen LogP) is 0.517. The fourth-order valence-electron chi connectivity index (χ4n) is 3.01. The van der Waals surface area contributed by atoms with Crippen LogP contribution in [0.4, 0.5) is 0 Å². The Balaban J connectivity index is 0.00000300. The van der Waals surface area contributed by atoms with E-state index in [2.05, 4.69) is 30.6 Å². The van der Waals surface area contributed by atoms with E-state index in [9.17, 15) is 8.42 Å². The van der Waals surface area contributed by atoms with Crippen LogP contribution in [0.2, 0.25) is 0 Å². The zero-order valence-electron chi connectivity index (χ0n) is 16.6. The van der Waals surface area contributed by atoms with Gasteiger partial charge in [-0.05, 0) is 13.8 Å². The van der Waals surface area contributed by atoms with Crippen molar-refractivity contribution in [3.05, 3.63) is 30.2 Å². The van der Waals surface area contributed by atoms with Gasteiger partial charge in [-0.1, -0.05) is 5.16 Å². The van der Waals surface area contributed by atoms with Gasteiger partial charge in [-0.15, -0.1) is 34.2 Å². The number of halogens is 1. The molecular weight excluding hydrogens is 511 g/mol. The lowest BCUT2D eigenvalue weighted by atomic mass is 10.4. The molecule has 0 spiro atoms. The molecule has 1 fully saturated rings. The van der Waals surface area contributed by atoms with Crippen LogP contribution in [0.15, 0.2) is 28.2 Å². The third-order valence-electron chi connectivity index (χ3n) is 4.49. The normalized spacial score (nSPS) is 15.9. The smallest absolute Gasteiger partial charge is 0.220 e. The molecule has 13 heteroatoms. The maximum absolute atomic E-state index is 12.6. The van der Waals surface area contributed by atoms with Gasteiger partial charge in [0.05, 0.1) is 5.69 Å². The van der Waals surface area contributed by atoms with E-state index in [-0.39, 0.29) is 29.7 Å². The molecule has 0 bridgehead atoms. The molecule has 1 N–H and O–H groups in total. The average Bonchev–Trinajstić information content (AvgIpc) is 3.36. The van der Waals surface area contributed by atoms with Crippen LogP contribution in [0.25, 0.3) is 0 Å². The van der Waals surface area contributed by atoms with Crippen LogP contribution in [-0.4, -0.2) is 76.2 Å². The summed E-state index contributed by atoms with van der Waals surface area (Å²) in [6, 6.07) is 1.57. The third-order valence-corrected chi connectivity index (χ3v) is 6.31. The number of rotatable bonds is 7. The van der Waals surface area contributed by atoms with E-state index in [1.165, 1.54) is 10.6 Å². The standard InChI is InChI=1S/C16H26N8O3S.HI/c1-3-17-16(18-11-15-20-19-13-22(15)4-2)23-6-8-24(9-7-23)28(25,26)12-14-5-10-27-21-14;/h5,10,13H,3-4,6-9,11-12H2,1-2H3,(H,17,18);1H. The first-order chi connectivity index (χ1) is 13.5. The monoisotopic (exact) mass is 538 g/mol. The van der Waals surface area contributed by atoms with Crippen LogP contribution in [0.3, 0.4) is 0 Å². The second-order valence-electron chi connectivity index (χ2n) is 6.34. The minimum atomic E-state index is -3.42. The van der Waals surface area contributed by atoms with Gasteiger partial charge < -0.3 is 19.3 Å². The second-order valence-corrected chi connectivity index (χ2v) is 8.31. The Kier molecular flexibility index (Phi) is 8.82. The molecule has 0 amide bonds. The van der Waals surface area contributed by atoms with E-state index in [0.29, 0.717) is 38.4 Å². The van der Waals surface area contributed by atoms with Crippen molar-refractivity contribution in [3.8, 4) is 0 Å². The average molecular weight is 538 g/mol. The summed E-state index contributed by atoms with van der Waals surface area (Å²) >= 11 is 0. The summed E-state index contributed by atoms with van der Waals surface area (Å²) in [7, 11) is -3.42. The van der Waals surface area contributed by atoms with Crippen molar-refractivity contribution >= 4 is 40.0 Å². The Morgan fingerprint density at radius 1 is 1.28 bits per heavy atom. The third kappa shape index (κ3) is 6.12. The van der Waals surface area contributed by atoms with Gasteiger partial charge in [0.15, 0.2) is 11.8 Å². The molecule has 1 aliphatic heterocycles. The van der Waals surface area contributed by atoms with Gasteiger partial charge in [-0.25, -0.2) is 13.4 Å². The largest absolute Gasteiger partial charge is 0.364 e. The molecular formula is C16H27IN8O3S. The first-order valence-electron chi connectivity index (χ1n) is 9.30. The Labute approximate surface area is 187 Å². The number of hydrogen-bond donors (Lipinski definition) is 1. The van der Waals surface area contributed by atoms with Crippen molar-refractivity contribution in [2.24, 2.45) is 4.99 Å². The number of nitrogens with one attached hydrogen (secondary N) is 1. The lowest BCUT2D eigenvalue weighted by molar-refractivity contribution is 0.259. The SMILES string of the molecule is CCNC(=NCc1nncn1CC)N1CCN(S(=O)(=O)Cc2ccon2)CC1.I. The maximum Gasteiger partial charge on any atom is 0.220 e. The molecule has 0 unspecified atom stereocenters. The quantitative estimate of drug-likeness (QED) is 0.308. The second kappa shape index (κ2) is 10.9. The molecule has 3 heterocycles. The minimum absolute atomic E-state index is 0. The van der Waals surface area contributed by atoms with E-state index in [1.54, 1.807) is 12.4 Å². The highest BCUT2D eigenvalue weighted by Gasteiger charge is 2.29. The van der Waals surface area contributed by atoms with Crippen LogP contribution in [0.1, 0.15) is 25.4 Å². The van der Waals surface area contributed by atoms with Gasteiger partial charge >= 0.3 is 0 Å². The Morgan fingerprint density at radius 3 is 2.66 bits per heavy atom. The first-order valence-corrected chi connectivity index (χ1v) is 10.9. The highest BCUT2D eigenvalue weighted by molar-refractivity contribution is 14.0. The summed E-state index contributed by atoms with van der Waals surface area (Å²) in [4.78, 5) is 6.72. The highest BCUT2D eigenvalue weighted by Crippen LogP contribution is 2.13. The summed E-state index contributed by atoms with van der Waals surface area (Å²) in [6.45, 7) is 7.88. The van der Waals surface area contributed by atoms with Gasteiger partial charge in [0, 0.05) is 45.3 Å². The first kappa shape index (κ1) is 23.5. The van der Waals surface area contributed by atoms with E-state index in [1.807, 2.05) is 18.4 Å². The maximum atomic E-state index is 12.6. The van der Waals surface area contributed by atoms with Gasteiger partial charge in [0.25, 0.3) is 0 Å². The van der Waals surface area contributed by atoms with E-state index in [0.717, 1.165) is 24.9 Å².